The number of aromatic nitrogens is 2. The molecule has 3 N–H and O–H groups in total. The van der Waals surface area contributed by atoms with Crippen LogP contribution in [-0.2, 0) is 4.74 Å². The van der Waals surface area contributed by atoms with E-state index in [4.69, 9.17) is 15.2 Å². The first-order valence-corrected chi connectivity index (χ1v) is 10.5. The van der Waals surface area contributed by atoms with Gasteiger partial charge in [0.1, 0.15) is 23.5 Å². The average Bonchev–Trinajstić information content (AvgIpc) is 2.77. The first-order valence-electron chi connectivity index (χ1n) is 10.5. The zero-order valence-electron chi connectivity index (χ0n) is 19.5. The van der Waals surface area contributed by atoms with E-state index in [-0.39, 0.29) is 11.6 Å². The maximum absolute atomic E-state index is 12.6. The molecule has 0 fully saturated rings. The predicted molar refractivity (Wildman–Crippen MR) is 126 cm³/mol. The van der Waals surface area contributed by atoms with Gasteiger partial charge in [0.25, 0.3) is 5.91 Å². The van der Waals surface area contributed by atoms with Crippen molar-refractivity contribution in [3.63, 3.8) is 0 Å². The number of nitrogens with two attached hydrogens (primary N) is 1. The molecule has 1 unspecified atom stereocenters. The normalized spacial score (nSPS) is 12.2. The molecular formula is C24H29N5O4. The summed E-state index contributed by atoms with van der Waals surface area (Å²) < 4.78 is 10.8. The average molecular weight is 452 g/mol. The van der Waals surface area contributed by atoms with Crippen LogP contribution in [0.25, 0.3) is 10.9 Å². The quantitative estimate of drug-likeness (QED) is 0.561. The molecule has 9 heteroatoms. The van der Waals surface area contributed by atoms with Crippen LogP contribution >= 0.6 is 0 Å². The third kappa shape index (κ3) is 5.88. The van der Waals surface area contributed by atoms with Crippen molar-refractivity contribution >= 4 is 28.7 Å². The fourth-order valence-corrected chi connectivity index (χ4v) is 3.34. The van der Waals surface area contributed by atoms with Gasteiger partial charge in [-0.3, -0.25) is 4.79 Å². The van der Waals surface area contributed by atoms with Gasteiger partial charge >= 0.3 is 6.09 Å². The van der Waals surface area contributed by atoms with E-state index >= 15 is 0 Å². The van der Waals surface area contributed by atoms with Crippen LogP contribution in [0.15, 0.2) is 48.8 Å². The number of nitrogens with zero attached hydrogens (tertiary/aromatic N) is 3. The van der Waals surface area contributed by atoms with Gasteiger partial charge in [0.2, 0.25) is 0 Å². The molecule has 0 aliphatic carbocycles. The fourth-order valence-electron chi connectivity index (χ4n) is 3.34. The van der Waals surface area contributed by atoms with E-state index in [0.717, 1.165) is 5.56 Å². The molecule has 0 spiro atoms. The topological polar surface area (TPSA) is 120 Å². The van der Waals surface area contributed by atoms with Gasteiger partial charge in [0.15, 0.2) is 0 Å². The van der Waals surface area contributed by atoms with Crippen LogP contribution in [0.1, 0.15) is 42.7 Å². The van der Waals surface area contributed by atoms with Crippen molar-refractivity contribution < 1.29 is 19.1 Å². The van der Waals surface area contributed by atoms with Crippen molar-refractivity contribution in [2.75, 3.05) is 26.0 Å². The Bertz CT molecular complexity index is 1140. The van der Waals surface area contributed by atoms with Gasteiger partial charge in [-0.1, -0.05) is 30.3 Å². The standard InChI is InChI=1S/C24H29N5O4/c1-24(2,3)33-23(31)29(4)13-19(15-9-7-6-8-10-15)28-22-18-12-16(32-5)11-17(21(25)30)20(18)26-14-27-22/h6-12,14,19H,13H2,1-5H3,(H2,25,30)(H,26,27,28). The van der Waals surface area contributed by atoms with Crippen molar-refractivity contribution in [2.24, 2.45) is 5.73 Å². The van der Waals surface area contributed by atoms with E-state index < -0.39 is 17.6 Å². The highest BCUT2D eigenvalue weighted by atomic mass is 16.6. The second kappa shape index (κ2) is 9.72. The Morgan fingerprint density at radius 3 is 2.45 bits per heavy atom. The molecule has 3 aromatic rings. The molecule has 1 heterocycles. The smallest absolute Gasteiger partial charge is 0.410 e. The van der Waals surface area contributed by atoms with E-state index in [1.807, 2.05) is 51.1 Å². The molecule has 0 saturated heterocycles. The molecule has 1 aromatic heterocycles. The number of anilines is 1. The zero-order valence-corrected chi connectivity index (χ0v) is 19.5. The first kappa shape index (κ1) is 23.8. The van der Waals surface area contributed by atoms with Crippen molar-refractivity contribution in [1.29, 1.82) is 0 Å². The number of carbonyl (C=O) groups excluding carboxylic acids is 2. The maximum Gasteiger partial charge on any atom is 0.410 e. The molecule has 2 amide bonds. The number of amides is 2. The number of methoxy groups -OCH3 is 1. The molecule has 9 nitrogen and oxygen atoms in total. The lowest BCUT2D eigenvalue weighted by Gasteiger charge is -2.29. The number of likely N-dealkylation sites (N-methyl/N-ethyl adjacent to an activating group) is 1. The highest BCUT2D eigenvalue weighted by Gasteiger charge is 2.24. The second-order valence-corrected chi connectivity index (χ2v) is 8.63. The highest BCUT2D eigenvalue weighted by molar-refractivity contribution is 6.07. The number of rotatable bonds is 7. The summed E-state index contributed by atoms with van der Waals surface area (Å²) in [5.41, 5.74) is 6.54. The highest BCUT2D eigenvalue weighted by Crippen LogP contribution is 2.30. The third-order valence-corrected chi connectivity index (χ3v) is 4.89. The lowest BCUT2D eigenvalue weighted by molar-refractivity contribution is 0.0292. The number of hydrogen-bond donors (Lipinski definition) is 2. The van der Waals surface area contributed by atoms with Crippen molar-refractivity contribution in [2.45, 2.75) is 32.4 Å². The number of nitrogens with one attached hydrogen (secondary N) is 1. The molecular weight excluding hydrogens is 422 g/mol. The number of hydrogen-bond acceptors (Lipinski definition) is 7. The molecule has 3 rings (SSSR count). The van der Waals surface area contributed by atoms with Crippen molar-refractivity contribution in [3.8, 4) is 5.75 Å². The van der Waals surface area contributed by atoms with Crippen LogP contribution in [0.3, 0.4) is 0 Å². The van der Waals surface area contributed by atoms with Crippen LogP contribution < -0.4 is 15.8 Å². The minimum atomic E-state index is -0.618. The SMILES string of the molecule is COc1cc(C(N)=O)c2ncnc(NC(CN(C)C(=O)OC(C)(C)C)c3ccccc3)c2c1. The summed E-state index contributed by atoms with van der Waals surface area (Å²) in [4.78, 5) is 34.7. The van der Waals surface area contributed by atoms with Gasteiger partial charge in [-0.05, 0) is 38.5 Å². The van der Waals surface area contributed by atoms with Crippen molar-refractivity contribution in [1.82, 2.24) is 14.9 Å². The Balaban J connectivity index is 2.00. The van der Waals surface area contributed by atoms with Crippen LogP contribution in [0.5, 0.6) is 5.75 Å². The van der Waals surface area contributed by atoms with E-state index in [2.05, 4.69) is 15.3 Å². The summed E-state index contributed by atoms with van der Waals surface area (Å²) >= 11 is 0. The summed E-state index contributed by atoms with van der Waals surface area (Å²) in [6, 6.07) is 12.6. The van der Waals surface area contributed by atoms with Gasteiger partial charge in [-0.25, -0.2) is 14.8 Å². The van der Waals surface area contributed by atoms with Crippen LogP contribution in [0.4, 0.5) is 10.6 Å². The predicted octanol–water partition coefficient (Wildman–Crippen LogP) is 3.76. The summed E-state index contributed by atoms with van der Waals surface area (Å²) in [6.45, 7) is 5.77. The van der Waals surface area contributed by atoms with Crippen LogP contribution in [0.2, 0.25) is 0 Å². The molecule has 33 heavy (non-hydrogen) atoms. The number of ether oxygens (including phenoxy) is 2. The Morgan fingerprint density at radius 1 is 1.15 bits per heavy atom. The monoisotopic (exact) mass is 451 g/mol. The lowest BCUT2D eigenvalue weighted by atomic mass is 10.1. The Hall–Kier alpha value is -3.88. The molecule has 0 aliphatic rings. The van der Waals surface area contributed by atoms with Gasteiger partial charge in [-0.15, -0.1) is 0 Å². The van der Waals surface area contributed by atoms with Crippen LogP contribution in [0, 0.1) is 0 Å². The van der Waals surface area contributed by atoms with Crippen LogP contribution in [-0.4, -0.2) is 53.2 Å². The summed E-state index contributed by atoms with van der Waals surface area (Å²) in [5.74, 6) is 0.317. The fraction of sp³-hybridized carbons (Fsp3) is 0.333. The minimum absolute atomic E-state index is 0.233. The Labute approximate surface area is 192 Å². The minimum Gasteiger partial charge on any atom is -0.497 e. The van der Waals surface area contributed by atoms with E-state index in [1.54, 1.807) is 19.2 Å². The molecule has 174 valence electrons. The van der Waals surface area contributed by atoms with E-state index in [0.29, 0.717) is 29.0 Å². The maximum atomic E-state index is 12.6. The number of carbonyl (C=O) groups is 2. The largest absolute Gasteiger partial charge is 0.497 e. The molecule has 0 bridgehead atoms. The summed E-state index contributed by atoms with van der Waals surface area (Å²) in [7, 11) is 3.18. The van der Waals surface area contributed by atoms with E-state index in [9.17, 15) is 9.59 Å². The first-order chi connectivity index (χ1) is 15.6. The van der Waals surface area contributed by atoms with E-state index in [1.165, 1.54) is 18.3 Å². The molecule has 0 saturated carbocycles. The lowest BCUT2D eigenvalue weighted by Crippen LogP contribution is -2.38. The summed E-state index contributed by atoms with van der Waals surface area (Å²) in [5, 5.41) is 3.97. The second-order valence-electron chi connectivity index (χ2n) is 8.63. The number of primary amides is 1. The Morgan fingerprint density at radius 2 is 1.85 bits per heavy atom. The van der Waals surface area contributed by atoms with Gasteiger partial charge in [0.05, 0.1) is 24.2 Å². The number of fused-ring (bicyclic) bond motifs is 1. The third-order valence-electron chi connectivity index (χ3n) is 4.89. The summed E-state index contributed by atoms with van der Waals surface area (Å²) in [6.07, 6.45) is 0.930. The number of benzene rings is 2. The zero-order chi connectivity index (χ0) is 24.2. The van der Waals surface area contributed by atoms with Gasteiger partial charge in [0, 0.05) is 19.0 Å². The molecule has 2 aromatic carbocycles. The Kier molecular flexibility index (Phi) is 7.01. The van der Waals surface area contributed by atoms with Gasteiger partial charge < -0.3 is 25.4 Å². The molecule has 0 aliphatic heterocycles. The van der Waals surface area contributed by atoms with Gasteiger partial charge in [-0.2, -0.15) is 0 Å². The molecule has 0 radical (unpaired) electrons. The van der Waals surface area contributed by atoms with Crippen molar-refractivity contribution in [3.05, 3.63) is 59.9 Å². The molecule has 1 atom stereocenters.